The topological polar surface area (TPSA) is 118 Å². The molecule has 1 N–H and O–H groups in total. The number of benzene rings is 2. The molecule has 4 aliphatic heterocycles. The highest BCUT2D eigenvalue weighted by Gasteiger charge is 2.71. The number of carbonyl (C=O) groups is 3. The molecule has 2 amide bonds. The molecule has 10 nitrogen and oxygen atoms in total. The van der Waals surface area contributed by atoms with Gasteiger partial charge in [-0.25, -0.2) is 4.68 Å². The van der Waals surface area contributed by atoms with E-state index in [-0.39, 0.29) is 36.9 Å². The Balaban J connectivity index is 1.34. The molecule has 41 heavy (non-hydrogen) atoms. The van der Waals surface area contributed by atoms with E-state index in [0.717, 1.165) is 16.6 Å². The second-order valence-electron chi connectivity index (χ2n) is 10.8. The number of fused-ring (bicyclic) bond motifs is 3. The average Bonchev–Trinajstić information content (AvgIpc) is 3.57. The Kier molecular flexibility index (Phi) is 6.43. The quantitative estimate of drug-likeness (QED) is 0.366. The van der Waals surface area contributed by atoms with Crippen LogP contribution in [-0.2, 0) is 25.8 Å². The first-order valence-electron chi connectivity index (χ1n) is 13.8. The second kappa shape index (κ2) is 10.1. The van der Waals surface area contributed by atoms with Crippen LogP contribution in [0.25, 0.3) is 11.0 Å². The number of aromatic nitrogens is 3. The van der Waals surface area contributed by atoms with Crippen LogP contribution in [0.2, 0.25) is 0 Å². The van der Waals surface area contributed by atoms with Gasteiger partial charge < -0.3 is 19.6 Å². The average molecular weight is 572 g/mol. The van der Waals surface area contributed by atoms with Gasteiger partial charge in [-0.05, 0) is 24.1 Å². The van der Waals surface area contributed by atoms with Gasteiger partial charge in [0, 0.05) is 11.8 Å². The van der Waals surface area contributed by atoms with Gasteiger partial charge in [-0.15, -0.1) is 16.9 Å². The van der Waals surface area contributed by atoms with Crippen molar-refractivity contribution in [3.05, 3.63) is 84.5 Å². The summed E-state index contributed by atoms with van der Waals surface area (Å²) < 4.78 is 6.22. The van der Waals surface area contributed by atoms with Gasteiger partial charge in [-0.3, -0.25) is 14.4 Å². The van der Waals surface area contributed by atoms with Crippen LogP contribution in [0.4, 0.5) is 0 Å². The number of aliphatic hydroxyl groups excluding tert-OH is 1. The van der Waals surface area contributed by atoms with E-state index in [9.17, 15) is 19.5 Å². The third kappa shape index (κ3) is 4.01. The van der Waals surface area contributed by atoms with E-state index in [4.69, 9.17) is 4.74 Å². The van der Waals surface area contributed by atoms with Crippen LogP contribution in [-0.4, -0.2) is 83.5 Å². The molecule has 1 unspecified atom stereocenters. The molecule has 6 atom stereocenters. The molecule has 2 fully saturated rings. The van der Waals surface area contributed by atoms with E-state index in [0.29, 0.717) is 13.0 Å². The van der Waals surface area contributed by atoms with E-state index in [1.54, 1.807) is 9.58 Å². The number of para-hydroxylation sites is 1. The maximum Gasteiger partial charge on any atom is 0.311 e. The van der Waals surface area contributed by atoms with E-state index < -0.39 is 34.6 Å². The van der Waals surface area contributed by atoms with Crippen molar-refractivity contribution >= 4 is 40.6 Å². The van der Waals surface area contributed by atoms with Gasteiger partial charge >= 0.3 is 5.97 Å². The summed E-state index contributed by atoms with van der Waals surface area (Å²) in [5, 5.41) is 18.9. The summed E-state index contributed by atoms with van der Waals surface area (Å²) in [6.07, 6.45) is 8.44. The standard InChI is InChI=1S/C30H29N5O5S/c36-17-22(19-9-2-1-3-10-19)35-26-28(38)33(18-34-21-12-5-4-11-20(21)31-32-34)15-8-14-30(26)25(27(35)37)24-23(41-30)13-6-7-16-40-29(24)39/h1-6,8-14,22-26,36H,7,15-18H2/t22-,23+,24-,25+,26?,30+/m1/s1. The van der Waals surface area contributed by atoms with E-state index in [1.807, 2.05) is 78.9 Å². The summed E-state index contributed by atoms with van der Waals surface area (Å²) in [5.74, 6) is -2.56. The Morgan fingerprint density at radius 1 is 1.05 bits per heavy atom. The molecule has 0 saturated carbocycles. The van der Waals surface area contributed by atoms with Gasteiger partial charge in [0.1, 0.15) is 18.2 Å². The van der Waals surface area contributed by atoms with Gasteiger partial charge in [-0.1, -0.05) is 72.0 Å². The Bertz CT molecular complexity index is 1570. The largest absolute Gasteiger partial charge is 0.465 e. The molecular formula is C30H29N5O5S. The minimum Gasteiger partial charge on any atom is -0.465 e. The molecule has 2 aromatic carbocycles. The lowest BCUT2D eigenvalue weighted by atomic mass is 9.78. The Morgan fingerprint density at radius 2 is 1.85 bits per heavy atom. The maximum absolute atomic E-state index is 14.7. The predicted molar refractivity (Wildman–Crippen MR) is 151 cm³/mol. The third-order valence-electron chi connectivity index (χ3n) is 8.56. The zero-order valence-corrected chi connectivity index (χ0v) is 23.0. The molecule has 3 aromatic rings. The highest BCUT2D eigenvalue weighted by molar-refractivity contribution is 8.02. The number of carbonyl (C=O) groups excluding carboxylic acids is 3. The van der Waals surface area contributed by atoms with Crippen molar-refractivity contribution in [3.8, 4) is 0 Å². The molecular weight excluding hydrogens is 542 g/mol. The van der Waals surface area contributed by atoms with Crippen LogP contribution in [0.3, 0.4) is 0 Å². The third-order valence-corrected chi connectivity index (χ3v) is 10.3. The van der Waals surface area contributed by atoms with Crippen molar-refractivity contribution in [1.82, 2.24) is 24.8 Å². The fourth-order valence-electron chi connectivity index (χ4n) is 6.77. The van der Waals surface area contributed by atoms with Crippen molar-refractivity contribution in [3.63, 3.8) is 0 Å². The van der Waals surface area contributed by atoms with Crippen LogP contribution in [0.15, 0.2) is 78.9 Å². The van der Waals surface area contributed by atoms with Crippen LogP contribution >= 0.6 is 11.8 Å². The van der Waals surface area contributed by atoms with Crippen molar-refractivity contribution < 1.29 is 24.2 Å². The fourth-order valence-corrected chi connectivity index (χ4v) is 8.76. The van der Waals surface area contributed by atoms with Gasteiger partial charge in [0.05, 0.1) is 41.4 Å². The normalized spacial score (nSPS) is 29.9. The van der Waals surface area contributed by atoms with Gasteiger partial charge in [0.2, 0.25) is 11.8 Å². The number of nitrogens with zero attached hydrogens (tertiary/aromatic N) is 5. The van der Waals surface area contributed by atoms with Crippen molar-refractivity contribution in [2.75, 3.05) is 19.8 Å². The van der Waals surface area contributed by atoms with Crippen LogP contribution < -0.4 is 0 Å². The number of cyclic esters (lactones) is 1. The number of hydrogen-bond donors (Lipinski definition) is 1. The lowest BCUT2D eigenvalue weighted by molar-refractivity contribution is -0.153. The first kappa shape index (κ1) is 26.0. The number of esters is 1. The molecule has 1 spiro atoms. The first-order valence-corrected chi connectivity index (χ1v) is 14.7. The molecule has 0 bridgehead atoms. The molecule has 0 radical (unpaired) electrons. The maximum atomic E-state index is 14.7. The Morgan fingerprint density at radius 3 is 2.68 bits per heavy atom. The molecule has 4 aliphatic rings. The number of amides is 2. The SMILES string of the molecule is O=C1OCCC=C[C@@H]2S[C@]34C=CCN(Cn5nnc6ccccc65)C(=O)C3N([C@H](CO)c3ccccc3)C(=O)[C@@H]4[C@H]12. The fraction of sp³-hybridized carbons (Fsp3) is 0.367. The number of aliphatic hydroxyl groups is 1. The summed E-state index contributed by atoms with van der Waals surface area (Å²) in [7, 11) is 0. The van der Waals surface area contributed by atoms with Crippen LogP contribution in [0, 0.1) is 11.8 Å². The smallest absolute Gasteiger partial charge is 0.311 e. The predicted octanol–water partition coefficient (Wildman–Crippen LogP) is 2.32. The monoisotopic (exact) mass is 571 g/mol. The molecule has 0 aliphatic carbocycles. The molecule has 7 rings (SSSR count). The molecule has 210 valence electrons. The highest BCUT2D eigenvalue weighted by atomic mass is 32.2. The molecule has 5 heterocycles. The summed E-state index contributed by atoms with van der Waals surface area (Å²) >= 11 is 1.48. The first-order chi connectivity index (χ1) is 20.0. The number of ether oxygens (including phenoxy) is 1. The van der Waals surface area contributed by atoms with Crippen molar-refractivity contribution in [2.45, 2.75) is 35.2 Å². The summed E-state index contributed by atoms with van der Waals surface area (Å²) in [6, 6.07) is 15.0. The van der Waals surface area contributed by atoms with Gasteiger partial charge in [0.15, 0.2) is 0 Å². The molecule has 1 aromatic heterocycles. The minimum atomic E-state index is -1.02. The molecule has 11 heteroatoms. The van der Waals surface area contributed by atoms with Crippen LogP contribution in [0.5, 0.6) is 0 Å². The number of rotatable bonds is 5. The minimum absolute atomic E-state index is 0.136. The summed E-state index contributed by atoms with van der Waals surface area (Å²) in [5.41, 5.74) is 2.23. The van der Waals surface area contributed by atoms with Crippen LogP contribution in [0.1, 0.15) is 18.0 Å². The number of thioether (sulfide) groups is 1. The van der Waals surface area contributed by atoms with E-state index >= 15 is 0 Å². The highest BCUT2D eigenvalue weighted by Crippen LogP contribution is 2.62. The molecule has 2 saturated heterocycles. The number of hydrogen-bond acceptors (Lipinski definition) is 8. The van der Waals surface area contributed by atoms with E-state index in [2.05, 4.69) is 10.3 Å². The summed E-state index contributed by atoms with van der Waals surface area (Å²) in [4.78, 5) is 45.7. The van der Waals surface area contributed by atoms with E-state index in [1.165, 1.54) is 16.7 Å². The van der Waals surface area contributed by atoms with Gasteiger partial charge in [0.25, 0.3) is 0 Å². The van der Waals surface area contributed by atoms with Crippen molar-refractivity contribution in [2.24, 2.45) is 11.8 Å². The second-order valence-corrected chi connectivity index (χ2v) is 12.3. The number of likely N-dealkylation sites (tertiary alicyclic amines) is 1. The lowest BCUT2D eigenvalue weighted by Gasteiger charge is -2.38. The zero-order valence-electron chi connectivity index (χ0n) is 22.2. The Labute approximate surface area is 240 Å². The summed E-state index contributed by atoms with van der Waals surface area (Å²) in [6.45, 7) is 0.313. The van der Waals surface area contributed by atoms with Gasteiger partial charge in [-0.2, -0.15) is 0 Å². The Hall–Kier alpha value is -3.96. The van der Waals surface area contributed by atoms with Crippen molar-refractivity contribution in [1.29, 1.82) is 0 Å². The zero-order chi connectivity index (χ0) is 28.1. The lowest BCUT2D eigenvalue weighted by Crippen LogP contribution is -2.54.